The molecule has 3 aliphatic rings. The van der Waals surface area contributed by atoms with Crippen molar-refractivity contribution in [2.45, 2.75) is 38.3 Å². The zero-order valence-electron chi connectivity index (χ0n) is 13.7. The fourth-order valence-electron chi connectivity index (χ4n) is 3.88. The van der Waals surface area contributed by atoms with Crippen molar-refractivity contribution in [3.8, 4) is 0 Å². The third-order valence-electron chi connectivity index (χ3n) is 5.34. The van der Waals surface area contributed by atoms with Crippen LogP contribution in [0.2, 0.25) is 0 Å². The van der Waals surface area contributed by atoms with Crippen LogP contribution in [0.15, 0.2) is 0 Å². The van der Waals surface area contributed by atoms with E-state index in [9.17, 15) is 9.59 Å². The van der Waals surface area contributed by atoms with Gasteiger partial charge in [0.25, 0.3) is 0 Å². The smallest absolute Gasteiger partial charge is 0.229 e. The molecule has 0 radical (unpaired) electrons. The number of rotatable bonds is 4. The van der Waals surface area contributed by atoms with E-state index in [2.05, 4.69) is 4.90 Å². The molecule has 0 aliphatic carbocycles. The Bertz CT molecular complexity index is 430. The topological polar surface area (TPSA) is 53.1 Å². The normalized spacial score (nSPS) is 29.9. The van der Waals surface area contributed by atoms with E-state index in [4.69, 9.17) is 4.74 Å². The summed E-state index contributed by atoms with van der Waals surface area (Å²) in [5.74, 6) is 0.260. The van der Waals surface area contributed by atoms with Crippen molar-refractivity contribution in [3.05, 3.63) is 0 Å². The van der Waals surface area contributed by atoms with Crippen molar-refractivity contribution < 1.29 is 14.3 Å². The fourth-order valence-corrected chi connectivity index (χ4v) is 3.88. The van der Waals surface area contributed by atoms with E-state index < -0.39 is 0 Å². The Balaban J connectivity index is 1.59. The van der Waals surface area contributed by atoms with Gasteiger partial charge in [-0.05, 0) is 32.4 Å². The van der Waals surface area contributed by atoms with Gasteiger partial charge in [0, 0.05) is 46.3 Å². The first kappa shape index (κ1) is 15.7. The summed E-state index contributed by atoms with van der Waals surface area (Å²) in [5.41, 5.74) is 0. The van der Waals surface area contributed by atoms with Crippen LogP contribution in [0.3, 0.4) is 0 Å². The molecule has 124 valence electrons. The third kappa shape index (κ3) is 3.13. The van der Waals surface area contributed by atoms with Crippen LogP contribution in [0.5, 0.6) is 0 Å². The molecule has 0 N–H and O–H groups in total. The predicted octanol–water partition coefficient (Wildman–Crippen LogP) is 0.176. The summed E-state index contributed by atoms with van der Waals surface area (Å²) in [6.07, 6.45) is 3.62. The van der Waals surface area contributed by atoms with E-state index in [1.165, 1.54) is 12.8 Å². The van der Waals surface area contributed by atoms with Gasteiger partial charge in [-0.3, -0.25) is 9.59 Å². The second-order valence-corrected chi connectivity index (χ2v) is 6.87. The number of methoxy groups -OCH3 is 1. The minimum absolute atomic E-state index is 0.0133. The molecule has 3 rings (SSSR count). The van der Waals surface area contributed by atoms with Crippen LogP contribution in [-0.2, 0) is 14.3 Å². The van der Waals surface area contributed by atoms with Crippen molar-refractivity contribution in [3.63, 3.8) is 0 Å². The molecule has 3 saturated heterocycles. The van der Waals surface area contributed by atoms with Gasteiger partial charge in [-0.2, -0.15) is 0 Å². The van der Waals surface area contributed by atoms with Gasteiger partial charge in [-0.1, -0.05) is 0 Å². The summed E-state index contributed by atoms with van der Waals surface area (Å²) in [5, 5.41) is 0. The first-order valence-corrected chi connectivity index (χ1v) is 8.39. The van der Waals surface area contributed by atoms with Crippen LogP contribution >= 0.6 is 0 Å². The van der Waals surface area contributed by atoms with Crippen LogP contribution in [-0.4, -0.2) is 85.0 Å². The standard InChI is InChI=1S/C16H27N3O3/c1-12(20)18-8-13(9-18)16(21)19-11-15(22-2)7-14(19)10-17-5-3-4-6-17/h13-15H,3-11H2,1-2H3/t14-,15-/m0/s1. The maximum atomic E-state index is 12.8. The number of likely N-dealkylation sites (tertiary alicyclic amines) is 3. The highest BCUT2D eigenvalue weighted by atomic mass is 16.5. The summed E-state index contributed by atoms with van der Waals surface area (Å²) >= 11 is 0. The maximum absolute atomic E-state index is 12.8. The molecule has 0 aromatic carbocycles. The van der Waals surface area contributed by atoms with Gasteiger partial charge in [0.1, 0.15) is 0 Å². The molecule has 3 fully saturated rings. The Labute approximate surface area is 132 Å². The van der Waals surface area contributed by atoms with Crippen LogP contribution < -0.4 is 0 Å². The molecule has 6 heteroatoms. The number of hydrogen-bond donors (Lipinski definition) is 0. The lowest BCUT2D eigenvalue weighted by atomic mass is 9.98. The van der Waals surface area contributed by atoms with E-state index in [1.54, 1.807) is 18.9 Å². The lowest BCUT2D eigenvalue weighted by Gasteiger charge is -2.40. The molecule has 0 aromatic rings. The number of amides is 2. The van der Waals surface area contributed by atoms with E-state index in [1.807, 2.05) is 4.90 Å². The van der Waals surface area contributed by atoms with Crippen molar-refractivity contribution >= 4 is 11.8 Å². The number of nitrogens with zero attached hydrogens (tertiary/aromatic N) is 3. The monoisotopic (exact) mass is 309 g/mol. The lowest BCUT2D eigenvalue weighted by molar-refractivity contribution is -0.148. The molecule has 0 aromatic heterocycles. The van der Waals surface area contributed by atoms with Gasteiger partial charge in [-0.15, -0.1) is 0 Å². The van der Waals surface area contributed by atoms with Gasteiger partial charge < -0.3 is 19.4 Å². The second kappa shape index (κ2) is 6.54. The third-order valence-corrected chi connectivity index (χ3v) is 5.34. The summed E-state index contributed by atoms with van der Waals surface area (Å²) in [6, 6.07) is 0.266. The van der Waals surface area contributed by atoms with Gasteiger partial charge in [0.05, 0.1) is 12.0 Å². The van der Waals surface area contributed by atoms with Crippen LogP contribution in [0, 0.1) is 5.92 Å². The molecule has 3 aliphatic heterocycles. The molecular formula is C16H27N3O3. The number of carbonyl (C=O) groups is 2. The van der Waals surface area contributed by atoms with E-state index in [0.717, 1.165) is 26.1 Å². The lowest BCUT2D eigenvalue weighted by Crippen LogP contribution is -2.57. The zero-order valence-corrected chi connectivity index (χ0v) is 13.7. The Kier molecular flexibility index (Phi) is 4.68. The highest BCUT2D eigenvalue weighted by molar-refractivity contribution is 5.84. The summed E-state index contributed by atoms with van der Waals surface area (Å²) in [4.78, 5) is 30.3. The summed E-state index contributed by atoms with van der Waals surface area (Å²) in [7, 11) is 1.73. The average Bonchev–Trinajstić information content (AvgIpc) is 3.06. The van der Waals surface area contributed by atoms with E-state index >= 15 is 0 Å². The molecule has 6 nitrogen and oxygen atoms in total. The molecular weight excluding hydrogens is 282 g/mol. The summed E-state index contributed by atoms with van der Waals surface area (Å²) < 4.78 is 5.50. The van der Waals surface area contributed by atoms with Crippen molar-refractivity contribution in [2.75, 3.05) is 46.4 Å². The fraction of sp³-hybridized carbons (Fsp3) is 0.875. The Morgan fingerprint density at radius 2 is 1.82 bits per heavy atom. The molecule has 3 heterocycles. The Morgan fingerprint density at radius 1 is 1.14 bits per heavy atom. The molecule has 0 bridgehead atoms. The van der Waals surface area contributed by atoms with Gasteiger partial charge in [0.15, 0.2) is 0 Å². The summed E-state index contributed by atoms with van der Waals surface area (Å²) in [6.45, 7) is 6.69. The number of carbonyl (C=O) groups excluding carboxylic acids is 2. The van der Waals surface area contributed by atoms with Crippen LogP contribution in [0.25, 0.3) is 0 Å². The quantitative estimate of drug-likeness (QED) is 0.743. The molecule has 2 amide bonds. The SMILES string of the molecule is CO[C@H]1C[C@@H](CN2CCCC2)N(C(=O)C2CN(C(C)=O)C2)C1. The number of hydrogen-bond acceptors (Lipinski definition) is 4. The molecule has 0 saturated carbocycles. The Morgan fingerprint density at radius 3 is 2.41 bits per heavy atom. The van der Waals surface area contributed by atoms with Crippen LogP contribution in [0.4, 0.5) is 0 Å². The minimum atomic E-state index is -0.0133. The maximum Gasteiger partial charge on any atom is 0.229 e. The average molecular weight is 309 g/mol. The van der Waals surface area contributed by atoms with Gasteiger partial charge >= 0.3 is 0 Å². The number of ether oxygens (including phenoxy) is 1. The second-order valence-electron chi connectivity index (χ2n) is 6.87. The minimum Gasteiger partial charge on any atom is -0.380 e. The van der Waals surface area contributed by atoms with Crippen molar-refractivity contribution in [1.29, 1.82) is 0 Å². The molecule has 0 unspecified atom stereocenters. The van der Waals surface area contributed by atoms with E-state index in [-0.39, 0.29) is 29.9 Å². The first-order valence-electron chi connectivity index (χ1n) is 8.39. The highest BCUT2D eigenvalue weighted by Gasteiger charge is 2.43. The van der Waals surface area contributed by atoms with Gasteiger partial charge in [0.2, 0.25) is 11.8 Å². The predicted molar refractivity (Wildman–Crippen MR) is 82.3 cm³/mol. The molecule has 22 heavy (non-hydrogen) atoms. The highest BCUT2D eigenvalue weighted by Crippen LogP contribution is 2.27. The van der Waals surface area contributed by atoms with Crippen LogP contribution in [0.1, 0.15) is 26.2 Å². The Hall–Kier alpha value is -1.14. The molecule has 0 spiro atoms. The largest absolute Gasteiger partial charge is 0.380 e. The molecule has 2 atom stereocenters. The zero-order chi connectivity index (χ0) is 15.7. The van der Waals surface area contributed by atoms with Crippen molar-refractivity contribution in [2.24, 2.45) is 5.92 Å². The first-order chi connectivity index (χ1) is 10.6. The van der Waals surface area contributed by atoms with Crippen molar-refractivity contribution in [1.82, 2.24) is 14.7 Å². The van der Waals surface area contributed by atoms with E-state index in [0.29, 0.717) is 19.6 Å². The van der Waals surface area contributed by atoms with Gasteiger partial charge in [-0.25, -0.2) is 0 Å².